The SMILES string of the molecule is CCNC(Cc1cc(CC)nn1C)C(C)(C)OC. The zero-order valence-electron chi connectivity index (χ0n) is 12.6. The fourth-order valence-corrected chi connectivity index (χ4v) is 2.10. The molecule has 0 radical (unpaired) electrons. The van der Waals surface area contributed by atoms with Crippen LogP contribution in [0.1, 0.15) is 39.1 Å². The Kier molecular flexibility index (Phi) is 5.35. The molecule has 104 valence electrons. The molecule has 0 aromatic carbocycles. The number of nitrogens with zero attached hydrogens (tertiary/aromatic N) is 2. The molecule has 0 amide bonds. The van der Waals surface area contributed by atoms with Gasteiger partial charge in [-0.25, -0.2) is 0 Å². The predicted molar refractivity (Wildman–Crippen MR) is 74.8 cm³/mol. The molecule has 0 aliphatic rings. The van der Waals surface area contributed by atoms with Gasteiger partial charge in [0.15, 0.2) is 0 Å². The van der Waals surface area contributed by atoms with Gasteiger partial charge in [0.2, 0.25) is 0 Å². The van der Waals surface area contributed by atoms with Crippen molar-refractivity contribution in [2.45, 2.75) is 52.2 Å². The normalized spacial score (nSPS) is 13.9. The van der Waals surface area contributed by atoms with Gasteiger partial charge < -0.3 is 10.1 Å². The summed E-state index contributed by atoms with van der Waals surface area (Å²) >= 11 is 0. The minimum atomic E-state index is -0.188. The smallest absolute Gasteiger partial charge is 0.0778 e. The maximum Gasteiger partial charge on any atom is 0.0778 e. The summed E-state index contributed by atoms with van der Waals surface area (Å²) in [6.45, 7) is 9.44. The lowest BCUT2D eigenvalue weighted by Crippen LogP contribution is -2.49. The highest BCUT2D eigenvalue weighted by Crippen LogP contribution is 2.18. The minimum Gasteiger partial charge on any atom is -0.377 e. The second kappa shape index (κ2) is 6.34. The highest BCUT2D eigenvalue weighted by molar-refractivity contribution is 5.12. The molecule has 18 heavy (non-hydrogen) atoms. The van der Waals surface area contributed by atoms with E-state index in [1.807, 2.05) is 11.7 Å². The fourth-order valence-electron chi connectivity index (χ4n) is 2.10. The fraction of sp³-hybridized carbons (Fsp3) is 0.786. The van der Waals surface area contributed by atoms with E-state index in [1.54, 1.807) is 7.11 Å². The van der Waals surface area contributed by atoms with Crippen LogP contribution in [0.5, 0.6) is 0 Å². The second-order valence-corrected chi connectivity index (χ2v) is 5.23. The standard InChI is InChI=1S/C14H27N3O/c1-7-11-9-12(17(5)16-11)10-13(15-8-2)14(3,4)18-6/h9,13,15H,7-8,10H2,1-6H3. The average molecular weight is 253 g/mol. The summed E-state index contributed by atoms with van der Waals surface area (Å²) in [6, 6.07) is 2.48. The number of nitrogens with one attached hydrogen (secondary N) is 1. The van der Waals surface area contributed by atoms with Crippen LogP contribution in [0.25, 0.3) is 0 Å². The number of methoxy groups -OCH3 is 1. The summed E-state index contributed by atoms with van der Waals surface area (Å²) < 4.78 is 7.59. The molecule has 1 unspecified atom stereocenters. The van der Waals surface area contributed by atoms with Crippen molar-refractivity contribution in [3.05, 3.63) is 17.5 Å². The molecule has 1 atom stereocenters. The van der Waals surface area contributed by atoms with Crippen molar-refractivity contribution >= 4 is 0 Å². The topological polar surface area (TPSA) is 39.1 Å². The maximum atomic E-state index is 5.61. The highest BCUT2D eigenvalue weighted by Gasteiger charge is 2.29. The van der Waals surface area contributed by atoms with Crippen LogP contribution >= 0.6 is 0 Å². The molecule has 1 N–H and O–H groups in total. The molecule has 0 aliphatic carbocycles. The second-order valence-electron chi connectivity index (χ2n) is 5.23. The molecule has 1 rings (SSSR count). The predicted octanol–water partition coefficient (Wildman–Crippen LogP) is 1.93. The van der Waals surface area contributed by atoms with Crippen molar-refractivity contribution in [3.8, 4) is 0 Å². The van der Waals surface area contributed by atoms with Crippen LogP contribution < -0.4 is 5.32 Å². The number of aromatic nitrogens is 2. The molecule has 0 saturated heterocycles. The van der Waals surface area contributed by atoms with Crippen molar-refractivity contribution < 1.29 is 4.74 Å². The minimum absolute atomic E-state index is 0.188. The third-order valence-electron chi connectivity index (χ3n) is 3.62. The van der Waals surface area contributed by atoms with E-state index in [9.17, 15) is 0 Å². The van der Waals surface area contributed by atoms with Gasteiger partial charge >= 0.3 is 0 Å². The van der Waals surface area contributed by atoms with Crippen LogP contribution in [0.15, 0.2) is 6.07 Å². The summed E-state index contributed by atoms with van der Waals surface area (Å²) in [5.74, 6) is 0. The molecular weight excluding hydrogens is 226 g/mol. The molecule has 0 bridgehead atoms. The number of hydrogen-bond donors (Lipinski definition) is 1. The van der Waals surface area contributed by atoms with E-state index in [2.05, 4.69) is 44.2 Å². The highest BCUT2D eigenvalue weighted by atomic mass is 16.5. The van der Waals surface area contributed by atoms with Gasteiger partial charge in [-0.15, -0.1) is 0 Å². The van der Waals surface area contributed by atoms with Crippen molar-refractivity contribution in [1.29, 1.82) is 0 Å². The number of likely N-dealkylation sites (N-methyl/N-ethyl adjacent to an activating group) is 1. The van der Waals surface area contributed by atoms with Gasteiger partial charge in [-0.2, -0.15) is 5.10 Å². The molecular formula is C14H27N3O. The molecule has 0 saturated carbocycles. The first-order valence-electron chi connectivity index (χ1n) is 6.74. The Labute approximate surface area is 111 Å². The maximum absolute atomic E-state index is 5.61. The van der Waals surface area contributed by atoms with Crippen LogP contribution in [0, 0.1) is 0 Å². The third kappa shape index (κ3) is 3.56. The average Bonchev–Trinajstić information content (AvgIpc) is 2.69. The zero-order valence-corrected chi connectivity index (χ0v) is 12.6. The van der Waals surface area contributed by atoms with Gasteiger partial charge in [0, 0.05) is 32.3 Å². The molecule has 1 heterocycles. The van der Waals surface area contributed by atoms with E-state index < -0.39 is 0 Å². The van der Waals surface area contributed by atoms with E-state index in [4.69, 9.17) is 4.74 Å². The van der Waals surface area contributed by atoms with Gasteiger partial charge in [-0.1, -0.05) is 13.8 Å². The molecule has 0 aliphatic heterocycles. The molecule has 1 aromatic heterocycles. The summed E-state index contributed by atoms with van der Waals surface area (Å²) in [7, 11) is 3.78. The Morgan fingerprint density at radius 2 is 2.11 bits per heavy atom. The Balaban J connectivity index is 2.85. The van der Waals surface area contributed by atoms with Gasteiger partial charge in [0.25, 0.3) is 0 Å². The molecule has 1 aromatic rings. The third-order valence-corrected chi connectivity index (χ3v) is 3.62. The number of aryl methyl sites for hydroxylation is 2. The van der Waals surface area contributed by atoms with Gasteiger partial charge in [0.1, 0.15) is 0 Å². The summed E-state index contributed by atoms with van der Waals surface area (Å²) in [4.78, 5) is 0. The Hall–Kier alpha value is -0.870. The van der Waals surface area contributed by atoms with Crippen LogP contribution in [-0.2, 0) is 24.6 Å². The molecule has 4 heteroatoms. The molecule has 0 spiro atoms. The van der Waals surface area contributed by atoms with E-state index >= 15 is 0 Å². The van der Waals surface area contributed by atoms with Crippen molar-refractivity contribution in [2.75, 3.05) is 13.7 Å². The monoisotopic (exact) mass is 253 g/mol. The van der Waals surface area contributed by atoms with E-state index in [-0.39, 0.29) is 11.6 Å². The summed E-state index contributed by atoms with van der Waals surface area (Å²) in [5.41, 5.74) is 2.22. The van der Waals surface area contributed by atoms with Gasteiger partial charge in [-0.05, 0) is 32.9 Å². The first kappa shape index (κ1) is 15.2. The quantitative estimate of drug-likeness (QED) is 0.807. The summed E-state index contributed by atoms with van der Waals surface area (Å²) in [5, 5.41) is 8.01. The lowest BCUT2D eigenvalue weighted by molar-refractivity contribution is -0.0100. The largest absolute Gasteiger partial charge is 0.377 e. The first-order chi connectivity index (χ1) is 8.44. The Morgan fingerprint density at radius 1 is 1.44 bits per heavy atom. The van der Waals surface area contributed by atoms with Crippen LogP contribution in [0.2, 0.25) is 0 Å². The number of hydrogen-bond acceptors (Lipinski definition) is 3. The van der Waals surface area contributed by atoms with E-state index in [1.165, 1.54) is 5.69 Å². The van der Waals surface area contributed by atoms with Crippen molar-refractivity contribution in [3.63, 3.8) is 0 Å². The van der Waals surface area contributed by atoms with Crippen LogP contribution in [0.3, 0.4) is 0 Å². The Morgan fingerprint density at radius 3 is 2.56 bits per heavy atom. The molecule has 4 nitrogen and oxygen atoms in total. The lowest BCUT2D eigenvalue weighted by Gasteiger charge is -2.33. The van der Waals surface area contributed by atoms with Crippen LogP contribution in [-0.4, -0.2) is 35.1 Å². The van der Waals surface area contributed by atoms with E-state index in [0.29, 0.717) is 0 Å². The Bertz CT molecular complexity index is 371. The van der Waals surface area contributed by atoms with E-state index in [0.717, 1.165) is 25.1 Å². The van der Waals surface area contributed by atoms with Crippen molar-refractivity contribution in [2.24, 2.45) is 7.05 Å². The van der Waals surface area contributed by atoms with Gasteiger partial charge in [0.05, 0.1) is 11.3 Å². The number of rotatable bonds is 7. The lowest BCUT2D eigenvalue weighted by atomic mass is 9.94. The zero-order chi connectivity index (χ0) is 13.8. The molecule has 0 fully saturated rings. The first-order valence-corrected chi connectivity index (χ1v) is 6.74. The van der Waals surface area contributed by atoms with Gasteiger partial charge in [-0.3, -0.25) is 4.68 Å². The van der Waals surface area contributed by atoms with Crippen LogP contribution in [0.4, 0.5) is 0 Å². The number of ether oxygens (including phenoxy) is 1. The summed E-state index contributed by atoms with van der Waals surface area (Å²) in [6.07, 6.45) is 1.91. The van der Waals surface area contributed by atoms with Crippen molar-refractivity contribution in [1.82, 2.24) is 15.1 Å².